The third-order valence-corrected chi connectivity index (χ3v) is 3.72. The molecule has 0 N–H and O–H groups in total. The lowest BCUT2D eigenvalue weighted by atomic mass is 10.1. The molecule has 1 aromatic rings. The molecule has 2 aliphatic rings. The molecule has 0 aliphatic carbocycles. The third-order valence-electron chi connectivity index (χ3n) is 3.72. The fraction of sp³-hybridized carbons (Fsp3) is 0.357. The van der Waals surface area contributed by atoms with E-state index < -0.39 is 23.1 Å². The Bertz CT molecular complexity index is 506. The van der Waals surface area contributed by atoms with Crippen molar-refractivity contribution in [2.45, 2.75) is 31.3 Å². The third kappa shape index (κ3) is 1.64. The van der Waals surface area contributed by atoms with Gasteiger partial charge in [-0.2, -0.15) is 0 Å². The molecular formula is C14H13F2NO. The minimum Gasteiger partial charge on any atom is -0.329 e. The van der Waals surface area contributed by atoms with Gasteiger partial charge >= 0.3 is 0 Å². The minimum absolute atomic E-state index is 0.00439. The van der Waals surface area contributed by atoms with Crippen molar-refractivity contribution in [3.05, 3.63) is 47.5 Å². The number of hydrogen-bond donors (Lipinski definition) is 0. The predicted molar refractivity (Wildman–Crippen MR) is 63.1 cm³/mol. The standard InChI is InChI=1S/C14H13F2NO/c15-11-5-2-6-12(16)13(11)14(18)17-9-3-1-4-10(17)8-7-9/h1-3,5-6,9-10H,4,7-8H2/t9-,10-/m0/s1. The first-order valence-electron chi connectivity index (χ1n) is 6.12. The smallest absolute Gasteiger partial charge is 0.260 e. The van der Waals surface area contributed by atoms with Crippen LogP contribution in [0.1, 0.15) is 29.6 Å². The second-order valence-electron chi connectivity index (χ2n) is 4.77. The van der Waals surface area contributed by atoms with Gasteiger partial charge < -0.3 is 4.90 Å². The van der Waals surface area contributed by atoms with E-state index in [1.54, 1.807) is 4.90 Å². The molecule has 18 heavy (non-hydrogen) atoms. The van der Waals surface area contributed by atoms with E-state index in [0.717, 1.165) is 31.4 Å². The fourth-order valence-corrected chi connectivity index (χ4v) is 2.87. The molecule has 94 valence electrons. The summed E-state index contributed by atoms with van der Waals surface area (Å²) in [7, 11) is 0. The minimum atomic E-state index is -0.783. The van der Waals surface area contributed by atoms with Crippen LogP contribution in [-0.2, 0) is 0 Å². The topological polar surface area (TPSA) is 20.3 Å². The number of carbonyl (C=O) groups excluding carboxylic acids is 1. The monoisotopic (exact) mass is 249 g/mol. The fourth-order valence-electron chi connectivity index (χ4n) is 2.87. The second kappa shape index (κ2) is 4.19. The van der Waals surface area contributed by atoms with E-state index in [2.05, 4.69) is 0 Å². The molecule has 0 unspecified atom stereocenters. The molecule has 1 saturated heterocycles. The number of benzene rings is 1. The Hall–Kier alpha value is -1.71. The van der Waals surface area contributed by atoms with E-state index in [1.807, 2.05) is 12.2 Å². The first-order valence-corrected chi connectivity index (χ1v) is 6.12. The summed E-state index contributed by atoms with van der Waals surface area (Å²) in [6.07, 6.45) is 6.56. The number of halogens is 2. The lowest BCUT2D eigenvalue weighted by molar-refractivity contribution is 0.0679. The van der Waals surface area contributed by atoms with Gasteiger partial charge in [0, 0.05) is 6.04 Å². The molecule has 0 radical (unpaired) electrons. The zero-order valence-electron chi connectivity index (χ0n) is 9.77. The lowest BCUT2D eigenvalue weighted by Gasteiger charge is -2.31. The van der Waals surface area contributed by atoms with Gasteiger partial charge in [-0.25, -0.2) is 8.78 Å². The Labute approximate surface area is 104 Å². The average Bonchev–Trinajstić information content (AvgIpc) is 2.59. The SMILES string of the molecule is O=C(c1c(F)cccc1F)N1[C@H]2CC=C[C@H]1CC2. The Morgan fingerprint density at radius 2 is 1.94 bits per heavy atom. The maximum atomic E-state index is 13.6. The zero-order chi connectivity index (χ0) is 12.7. The van der Waals surface area contributed by atoms with Gasteiger partial charge in [0.05, 0.1) is 6.04 Å². The summed E-state index contributed by atoms with van der Waals surface area (Å²) in [4.78, 5) is 13.9. The number of carbonyl (C=O) groups is 1. The average molecular weight is 249 g/mol. The molecule has 0 spiro atoms. The van der Waals surface area contributed by atoms with Gasteiger partial charge in [-0.15, -0.1) is 0 Å². The number of amides is 1. The largest absolute Gasteiger partial charge is 0.329 e. The summed E-state index contributed by atoms with van der Waals surface area (Å²) in [5.41, 5.74) is -0.426. The van der Waals surface area contributed by atoms with E-state index in [-0.39, 0.29) is 12.1 Å². The van der Waals surface area contributed by atoms with Crippen molar-refractivity contribution in [3.8, 4) is 0 Å². The Morgan fingerprint density at radius 1 is 1.22 bits per heavy atom. The van der Waals surface area contributed by atoms with Gasteiger partial charge in [0.2, 0.25) is 0 Å². The van der Waals surface area contributed by atoms with Crippen LogP contribution in [0.3, 0.4) is 0 Å². The van der Waals surface area contributed by atoms with Crippen LogP contribution < -0.4 is 0 Å². The maximum absolute atomic E-state index is 13.6. The number of fused-ring (bicyclic) bond motifs is 2. The number of rotatable bonds is 1. The van der Waals surface area contributed by atoms with Crippen LogP contribution >= 0.6 is 0 Å². The lowest BCUT2D eigenvalue weighted by Crippen LogP contribution is -2.42. The van der Waals surface area contributed by atoms with Crippen LogP contribution in [0.2, 0.25) is 0 Å². The van der Waals surface area contributed by atoms with E-state index in [9.17, 15) is 13.6 Å². The van der Waals surface area contributed by atoms with Crippen LogP contribution in [0.4, 0.5) is 8.78 Å². The summed E-state index contributed by atoms with van der Waals surface area (Å²) in [6.45, 7) is 0. The van der Waals surface area contributed by atoms with Gasteiger partial charge in [-0.05, 0) is 31.4 Å². The van der Waals surface area contributed by atoms with Crippen molar-refractivity contribution >= 4 is 5.91 Å². The molecule has 2 nitrogen and oxygen atoms in total. The molecule has 0 aromatic heterocycles. The molecule has 0 saturated carbocycles. The molecule has 2 atom stereocenters. The second-order valence-corrected chi connectivity index (χ2v) is 4.77. The van der Waals surface area contributed by atoms with E-state index in [4.69, 9.17) is 0 Å². The van der Waals surface area contributed by atoms with E-state index in [0.29, 0.717) is 0 Å². The van der Waals surface area contributed by atoms with Crippen molar-refractivity contribution in [2.75, 3.05) is 0 Å². The van der Waals surface area contributed by atoms with Crippen LogP contribution in [0.5, 0.6) is 0 Å². The molecular weight excluding hydrogens is 236 g/mol. The molecule has 3 rings (SSSR count). The van der Waals surface area contributed by atoms with Crippen LogP contribution in [0.25, 0.3) is 0 Å². The van der Waals surface area contributed by atoms with Crippen molar-refractivity contribution in [2.24, 2.45) is 0 Å². The highest BCUT2D eigenvalue weighted by Crippen LogP contribution is 2.33. The van der Waals surface area contributed by atoms with Gasteiger partial charge in [-0.3, -0.25) is 4.79 Å². The van der Waals surface area contributed by atoms with Crippen LogP contribution in [0, 0.1) is 11.6 Å². The molecule has 2 aliphatic heterocycles. The number of nitrogens with zero attached hydrogens (tertiary/aromatic N) is 1. The van der Waals surface area contributed by atoms with Gasteiger partial charge in [0.25, 0.3) is 5.91 Å². The van der Waals surface area contributed by atoms with Gasteiger partial charge in [0.15, 0.2) is 0 Å². The summed E-state index contributed by atoms with van der Waals surface area (Å²) in [5, 5.41) is 0. The van der Waals surface area contributed by atoms with Crippen molar-refractivity contribution in [3.63, 3.8) is 0 Å². The zero-order valence-corrected chi connectivity index (χ0v) is 9.77. The quantitative estimate of drug-likeness (QED) is 0.701. The van der Waals surface area contributed by atoms with Crippen LogP contribution in [-0.4, -0.2) is 22.9 Å². The van der Waals surface area contributed by atoms with Crippen molar-refractivity contribution in [1.82, 2.24) is 4.90 Å². The summed E-state index contributed by atoms with van der Waals surface area (Å²) < 4.78 is 27.2. The van der Waals surface area contributed by atoms with Gasteiger partial charge in [-0.1, -0.05) is 18.2 Å². The maximum Gasteiger partial charge on any atom is 0.260 e. The predicted octanol–water partition coefficient (Wildman–Crippen LogP) is 2.90. The molecule has 1 amide bonds. The summed E-state index contributed by atoms with van der Waals surface area (Å²) in [6, 6.07) is 3.60. The molecule has 1 fully saturated rings. The summed E-state index contributed by atoms with van der Waals surface area (Å²) >= 11 is 0. The Balaban J connectivity index is 1.98. The highest BCUT2D eigenvalue weighted by Gasteiger charge is 2.39. The Kier molecular flexibility index (Phi) is 2.65. The first-order chi connectivity index (χ1) is 8.68. The molecule has 4 heteroatoms. The molecule has 2 heterocycles. The first kappa shape index (κ1) is 11.4. The van der Waals surface area contributed by atoms with Crippen molar-refractivity contribution < 1.29 is 13.6 Å². The highest BCUT2D eigenvalue weighted by atomic mass is 19.1. The molecule has 1 aromatic carbocycles. The Morgan fingerprint density at radius 3 is 2.61 bits per heavy atom. The molecule has 2 bridgehead atoms. The van der Waals surface area contributed by atoms with Gasteiger partial charge in [0.1, 0.15) is 17.2 Å². The summed E-state index contributed by atoms with van der Waals surface area (Å²) in [5.74, 6) is -2.09. The normalized spacial score (nSPS) is 25.6. The highest BCUT2D eigenvalue weighted by molar-refractivity contribution is 5.95. The van der Waals surface area contributed by atoms with Crippen molar-refractivity contribution in [1.29, 1.82) is 0 Å². The van der Waals surface area contributed by atoms with E-state index in [1.165, 1.54) is 6.07 Å². The van der Waals surface area contributed by atoms with Crippen LogP contribution in [0.15, 0.2) is 30.4 Å². The van der Waals surface area contributed by atoms with E-state index >= 15 is 0 Å². The number of hydrogen-bond acceptors (Lipinski definition) is 1.